The number of halogens is 1. The van der Waals surface area contributed by atoms with Crippen molar-refractivity contribution in [2.24, 2.45) is 10.9 Å². The summed E-state index contributed by atoms with van der Waals surface area (Å²) in [5.41, 5.74) is 2.57. The maximum absolute atomic E-state index is 6.13. The third-order valence-electron chi connectivity index (χ3n) is 4.25. The first kappa shape index (κ1) is 14.5. The molecule has 2 heterocycles. The second-order valence-electron chi connectivity index (χ2n) is 5.92. The van der Waals surface area contributed by atoms with Crippen molar-refractivity contribution < 1.29 is 0 Å². The van der Waals surface area contributed by atoms with Crippen LogP contribution in [0, 0.1) is 12.8 Å². The molecule has 1 aromatic rings. The first-order valence-electron chi connectivity index (χ1n) is 7.75. The number of rotatable bonds is 3. The minimum absolute atomic E-state index is 0.662. The Bertz CT molecular complexity index is 529. The van der Waals surface area contributed by atoms with E-state index in [9.17, 15) is 0 Å². The topological polar surface area (TPSA) is 39.7 Å². The van der Waals surface area contributed by atoms with Crippen LogP contribution in [0.25, 0.3) is 0 Å². The normalized spacial score (nSPS) is 21.9. The molecule has 0 aromatic heterocycles. The van der Waals surface area contributed by atoms with E-state index in [1.807, 2.05) is 6.07 Å². The molecular formula is C16H23ClN4. The van der Waals surface area contributed by atoms with Gasteiger partial charge in [0.15, 0.2) is 5.96 Å². The lowest BCUT2D eigenvalue weighted by Crippen LogP contribution is -2.43. The van der Waals surface area contributed by atoms with Crippen LogP contribution in [0.1, 0.15) is 18.4 Å². The number of aliphatic imine (C=N–C) groups is 1. The van der Waals surface area contributed by atoms with Gasteiger partial charge in [-0.3, -0.25) is 4.99 Å². The summed E-state index contributed by atoms with van der Waals surface area (Å²) in [4.78, 5) is 6.90. The van der Waals surface area contributed by atoms with E-state index < -0.39 is 0 Å². The van der Waals surface area contributed by atoms with E-state index in [0.717, 1.165) is 50.1 Å². The summed E-state index contributed by atoms with van der Waals surface area (Å²) in [6.45, 7) is 7.30. The highest BCUT2D eigenvalue weighted by Gasteiger charge is 2.24. The Kier molecular flexibility index (Phi) is 4.54. The van der Waals surface area contributed by atoms with Gasteiger partial charge in [0.25, 0.3) is 0 Å². The van der Waals surface area contributed by atoms with Gasteiger partial charge in [-0.25, -0.2) is 0 Å². The minimum Gasteiger partial charge on any atom is -0.371 e. The molecule has 2 aliphatic rings. The predicted octanol–water partition coefficient (Wildman–Crippen LogP) is 2.41. The monoisotopic (exact) mass is 306 g/mol. The Morgan fingerprint density at radius 1 is 1.48 bits per heavy atom. The number of guanidine groups is 1. The average molecular weight is 307 g/mol. The Morgan fingerprint density at radius 2 is 2.38 bits per heavy atom. The zero-order valence-electron chi connectivity index (χ0n) is 12.5. The third-order valence-corrected chi connectivity index (χ3v) is 4.49. The van der Waals surface area contributed by atoms with E-state index in [1.165, 1.54) is 17.7 Å². The van der Waals surface area contributed by atoms with Crippen molar-refractivity contribution in [2.75, 3.05) is 37.6 Å². The largest absolute Gasteiger partial charge is 0.371 e. The Labute approximate surface area is 131 Å². The van der Waals surface area contributed by atoms with Gasteiger partial charge < -0.3 is 15.5 Å². The number of aryl methyl sites for hydroxylation is 1. The minimum atomic E-state index is 0.662. The second-order valence-corrected chi connectivity index (χ2v) is 6.36. The fraction of sp³-hybridized carbons (Fsp3) is 0.562. The molecule has 0 unspecified atom stereocenters. The van der Waals surface area contributed by atoms with E-state index >= 15 is 0 Å². The highest BCUT2D eigenvalue weighted by atomic mass is 35.5. The van der Waals surface area contributed by atoms with Crippen LogP contribution < -0.4 is 15.5 Å². The molecule has 114 valence electrons. The fourth-order valence-corrected chi connectivity index (χ4v) is 3.20. The highest BCUT2D eigenvalue weighted by Crippen LogP contribution is 2.29. The molecule has 21 heavy (non-hydrogen) atoms. The molecular weight excluding hydrogens is 284 g/mol. The fourth-order valence-electron chi connectivity index (χ4n) is 3.03. The number of nitrogens with zero attached hydrogens (tertiary/aromatic N) is 2. The van der Waals surface area contributed by atoms with Gasteiger partial charge in [-0.2, -0.15) is 0 Å². The van der Waals surface area contributed by atoms with Gasteiger partial charge in [-0.05, 0) is 43.4 Å². The van der Waals surface area contributed by atoms with Gasteiger partial charge >= 0.3 is 0 Å². The number of benzene rings is 1. The first-order valence-corrected chi connectivity index (χ1v) is 8.13. The smallest absolute Gasteiger partial charge is 0.191 e. The van der Waals surface area contributed by atoms with Crippen LogP contribution in [0.15, 0.2) is 23.2 Å². The molecule has 0 radical (unpaired) electrons. The third kappa shape index (κ3) is 3.62. The summed E-state index contributed by atoms with van der Waals surface area (Å²) in [5.74, 6) is 1.63. The molecule has 5 heteroatoms. The number of nitrogens with one attached hydrogen (secondary N) is 2. The Hall–Kier alpha value is -1.42. The molecule has 0 saturated carbocycles. The lowest BCUT2D eigenvalue weighted by Gasteiger charge is -2.22. The van der Waals surface area contributed by atoms with E-state index in [0.29, 0.717) is 5.92 Å². The van der Waals surface area contributed by atoms with Crippen LogP contribution in [-0.4, -0.2) is 38.7 Å². The maximum atomic E-state index is 6.13. The number of hydrogen-bond donors (Lipinski definition) is 2. The maximum Gasteiger partial charge on any atom is 0.191 e. The van der Waals surface area contributed by atoms with E-state index in [-0.39, 0.29) is 0 Å². The van der Waals surface area contributed by atoms with Gasteiger partial charge in [-0.15, -0.1) is 0 Å². The molecule has 1 atom stereocenters. The summed E-state index contributed by atoms with van der Waals surface area (Å²) < 4.78 is 0. The van der Waals surface area contributed by atoms with Crippen LogP contribution in [0.5, 0.6) is 0 Å². The Balaban J connectivity index is 1.55. The molecule has 2 aliphatic heterocycles. The van der Waals surface area contributed by atoms with Crippen LogP contribution in [0.2, 0.25) is 5.02 Å². The van der Waals surface area contributed by atoms with Crippen molar-refractivity contribution in [3.05, 3.63) is 28.8 Å². The molecule has 1 aromatic carbocycles. The standard InChI is InChI=1S/C16H23ClN4/c1-12-3-4-14(17)9-15(12)21-8-5-13(11-21)10-20-16-18-6-2-7-19-16/h3-4,9,13H,2,5-8,10-11H2,1H3,(H2,18,19,20)/t13-/m0/s1. The number of anilines is 1. The van der Waals surface area contributed by atoms with Crippen molar-refractivity contribution in [3.63, 3.8) is 0 Å². The zero-order chi connectivity index (χ0) is 14.7. The summed E-state index contributed by atoms with van der Waals surface area (Å²) in [7, 11) is 0. The summed E-state index contributed by atoms with van der Waals surface area (Å²) in [6.07, 6.45) is 2.35. The molecule has 3 rings (SSSR count). The van der Waals surface area contributed by atoms with E-state index in [1.54, 1.807) is 0 Å². The van der Waals surface area contributed by atoms with Gasteiger partial charge in [-0.1, -0.05) is 17.7 Å². The van der Waals surface area contributed by atoms with Crippen molar-refractivity contribution in [1.82, 2.24) is 10.6 Å². The van der Waals surface area contributed by atoms with E-state index in [2.05, 4.69) is 39.6 Å². The van der Waals surface area contributed by atoms with Crippen molar-refractivity contribution >= 4 is 23.2 Å². The first-order chi connectivity index (χ1) is 10.2. The highest BCUT2D eigenvalue weighted by molar-refractivity contribution is 6.30. The molecule has 0 amide bonds. The van der Waals surface area contributed by atoms with E-state index in [4.69, 9.17) is 11.6 Å². The van der Waals surface area contributed by atoms with Gasteiger partial charge in [0.05, 0.1) is 0 Å². The van der Waals surface area contributed by atoms with Gasteiger partial charge in [0, 0.05) is 43.4 Å². The molecule has 0 aliphatic carbocycles. The molecule has 4 nitrogen and oxygen atoms in total. The quantitative estimate of drug-likeness (QED) is 0.901. The van der Waals surface area contributed by atoms with Crippen molar-refractivity contribution in [1.29, 1.82) is 0 Å². The predicted molar refractivity (Wildman–Crippen MR) is 89.4 cm³/mol. The van der Waals surface area contributed by atoms with Crippen LogP contribution in [0.3, 0.4) is 0 Å². The number of hydrogen-bond acceptors (Lipinski definition) is 4. The van der Waals surface area contributed by atoms with Crippen LogP contribution >= 0.6 is 11.6 Å². The summed E-state index contributed by atoms with van der Waals surface area (Å²) in [5, 5.41) is 7.58. The van der Waals surface area contributed by atoms with Crippen LogP contribution in [0.4, 0.5) is 5.69 Å². The van der Waals surface area contributed by atoms with Crippen LogP contribution in [-0.2, 0) is 0 Å². The lowest BCUT2D eigenvalue weighted by atomic mass is 10.1. The lowest BCUT2D eigenvalue weighted by molar-refractivity contribution is 0.560. The Morgan fingerprint density at radius 3 is 3.19 bits per heavy atom. The molecule has 2 N–H and O–H groups in total. The molecule has 0 spiro atoms. The van der Waals surface area contributed by atoms with Gasteiger partial charge in [0.2, 0.25) is 0 Å². The van der Waals surface area contributed by atoms with Crippen molar-refractivity contribution in [2.45, 2.75) is 19.8 Å². The summed E-state index contributed by atoms with van der Waals surface area (Å²) >= 11 is 6.13. The second kappa shape index (κ2) is 6.56. The van der Waals surface area contributed by atoms with Crippen molar-refractivity contribution in [3.8, 4) is 0 Å². The summed E-state index contributed by atoms with van der Waals surface area (Å²) in [6, 6.07) is 6.14. The SMILES string of the molecule is Cc1ccc(Cl)cc1N1CC[C@@H](CNC2=NCCCN2)C1. The molecule has 1 saturated heterocycles. The molecule has 1 fully saturated rings. The average Bonchev–Trinajstić information content (AvgIpc) is 2.97. The molecule has 0 bridgehead atoms. The van der Waals surface area contributed by atoms with Gasteiger partial charge in [0.1, 0.15) is 0 Å². The zero-order valence-corrected chi connectivity index (χ0v) is 13.3.